The standard InChI is InChI=1S/C20H22FN3O2/c1-3-22-20-17-12-23-14(9-13(17)11-24-20)10-15(25)7-8-16-18(21)5-4-6-19(16)26-2/h4-6,9,12H,3,7-8,10-11H2,1-2H3,(H,22,24). The van der Waals surface area contributed by atoms with Crippen LogP contribution < -0.4 is 10.1 Å². The molecule has 0 saturated heterocycles. The van der Waals surface area contributed by atoms with E-state index in [4.69, 9.17) is 4.74 Å². The van der Waals surface area contributed by atoms with Gasteiger partial charge >= 0.3 is 0 Å². The van der Waals surface area contributed by atoms with Crippen LogP contribution in [-0.2, 0) is 24.2 Å². The molecule has 1 aromatic carbocycles. The summed E-state index contributed by atoms with van der Waals surface area (Å²) in [5, 5.41) is 3.21. The molecular formula is C20H22FN3O2. The number of benzene rings is 1. The van der Waals surface area contributed by atoms with E-state index in [0.717, 1.165) is 29.2 Å². The maximum absolute atomic E-state index is 13.9. The first kappa shape index (κ1) is 18.0. The van der Waals surface area contributed by atoms with Crippen LogP contribution in [0, 0.1) is 5.82 Å². The van der Waals surface area contributed by atoms with Crippen molar-refractivity contribution in [1.82, 2.24) is 10.3 Å². The van der Waals surface area contributed by atoms with Gasteiger partial charge in [0.1, 0.15) is 23.2 Å². The number of hydrogen-bond acceptors (Lipinski definition) is 5. The molecule has 3 rings (SSSR count). The first-order valence-electron chi connectivity index (χ1n) is 8.72. The molecule has 136 valence electrons. The summed E-state index contributed by atoms with van der Waals surface area (Å²) in [6.07, 6.45) is 2.56. The molecule has 6 heteroatoms. The molecule has 5 nitrogen and oxygen atoms in total. The molecule has 0 atom stereocenters. The zero-order valence-electron chi connectivity index (χ0n) is 15.0. The summed E-state index contributed by atoms with van der Waals surface area (Å²) in [6.45, 7) is 3.43. The van der Waals surface area contributed by atoms with Crippen LogP contribution in [-0.4, -0.2) is 30.3 Å². The second-order valence-corrected chi connectivity index (χ2v) is 6.16. The largest absolute Gasteiger partial charge is 0.496 e. The fraction of sp³-hybridized carbons (Fsp3) is 0.350. The SMILES string of the molecule is CCNC1=NCc2cc(CC(=O)CCc3c(F)cccc3OC)ncc21. The number of ketones is 1. The van der Waals surface area contributed by atoms with Crippen LogP contribution in [0.25, 0.3) is 0 Å². The van der Waals surface area contributed by atoms with E-state index in [1.807, 2.05) is 13.0 Å². The fourth-order valence-electron chi connectivity index (χ4n) is 3.08. The molecule has 0 saturated carbocycles. The van der Waals surface area contributed by atoms with Gasteiger partial charge in [-0.15, -0.1) is 0 Å². The number of methoxy groups -OCH3 is 1. The van der Waals surface area contributed by atoms with Gasteiger partial charge in [0.2, 0.25) is 0 Å². The zero-order chi connectivity index (χ0) is 18.5. The van der Waals surface area contributed by atoms with Crippen LogP contribution in [0.3, 0.4) is 0 Å². The van der Waals surface area contributed by atoms with Crippen molar-refractivity contribution in [3.05, 3.63) is 58.7 Å². The Morgan fingerprint density at radius 3 is 3.00 bits per heavy atom. The molecule has 1 aromatic heterocycles. The Hall–Kier alpha value is -2.76. The first-order valence-corrected chi connectivity index (χ1v) is 8.72. The highest BCUT2D eigenvalue weighted by molar-refractivity contribution is 6.01. The summed E-state index contributed by atoms with van der Waals surface area (Å²) >= 11 is 0. The van der Waals surface area contributed by atoms with Gasteiger partial charge in [-0.1, -0.05) is 6.07 Å². The van der Waals surface area contributed by atoms with E-state index < -0.39 is 0 Å². The lowest BCUT2D eigenvalue weighted by Gasteiger charge is -2.09. The van der Waals surface area contributed by atoms with Gasteiger partial charge in [-0.2, -0.15) is 0 Å². The molecule has 2 heterocycles. The summed E-state index contributed by atoms with van der Waals surface area (Å²) in [6, 6.07) is 6.61. The molecule has 1 aliphatic rings. The third-order valence-corrected chi connectivity index (χ3v) is 4.38. The van der Waals surface area contributed by atoms with Crippen molar-refractivity contribution in [3.63, 3.8) is 0 Å². The van der Waals surface area contributed by atoms with Gasteiger partial charge in [0.05, 0.1) is 13.7 Å². The molecule has 0 fully saturated rings. The molecule has 0 bridgehead atoms. The second-order valence-electron chi connectivity index (χ2n) is 6.16. The van der Waals surface area contributed by atoms with Crippen LogP contribution >= 0.6 is 0 Å². The fourth-order valence-corrected chi connectivity index (χ4v) is 3.08. The van der Waals surface area contributed by atoms with Crippen molar-refractivity contribution in [2.24, 2.45) is 4.99 Å². The molecule has 0 unspecified atom stereocenters. The Morgan fingerprint density at radius 2 is 2.23 bits per heavy atom. The number of nitrogens with one attached hydrogen (secondary N) is 1. The third-order valence-electron chi connectivity index (χ3n) is 4.38. The molecule has 0 amide bonds. The lowest BCUT2D eigenvalue weighted by molar-refractivity contribution is -0.118. The number of ether oxygens (including phenoxy) is 1. The van der Waals surface area contributed by atoms with Gasteiger partial charge in [0.25, 0.3) is 0 Å². The maximum Gasteiger partial charge on any atom is 0.139 e. The number of fused-ring (bicyclic) bond motifs is 1. The Kier molecular flexibility index (Phi) is 5.61. The number of aliphatic imine (C=N–C) groups is 1. The first-order chi connectivity index (χ1) is 12.6. The van der Waals surface area contributed by atoms with E-state index in [1.165, 1.54) is 13.2 Å². The summed E-state index contributed by atoms with van der Waals surface area (Å²) in [5.41, 5.74) is 3.24. The zero-order valence-corrected chi connectivity index (χ0v) is 15.0. The van der Waals surface area contributed by atoms with E-state index in [2.05, 4.69) is 15.3 Å². The summed E-state index contributed by atoms with van der Waals surface area (Å²) in [5.74, 6) is 1.01. The predicted octanol–water partition coefficient (Wildman–Crippen LogP) is 2.84. The number of aromatic nitrogens is 1. The number of rotatable bonds is 7. The number of Topliss-reactive ketones (excluding diaryl/α,β-unsaturated/α-hetero) is 1. The van der Waals surface area contributed by atoms with Crippen LogP contribution in [0.5, 0.6) is 5.75 Å². The van der Waals surface area contributed by atoms with Crippen molar-refractivity contribution in [3.8, 4) is 5.75 Å². The number of pyridine rings is 1. The van der Waals surface area contributed by atoms with Crippen LogP contribution in [0.1, 0.15) is 35.7 Å². The predicted molar refractivity (Wildman–Crippen MR) is 98.1 cm³/mol. The lowest BCUT2D eigenvalue weighted by atomic mass is 10.0. The van der Waals surface area contributed by atoms with Crippen molar-refractivity contribution < 1.29 is 13.9 Å². The van der Waals surface area contributed by atoms with Gasteiger partial charge in [-0.25, -0.2) is 4.39 Å². The Morgan fingerprint density at radius 1 is 1.38 bits per heavy atom. The number of carbonyl (C=O) groups is 1. The normalized spacial score (nSPS) is 12.5. The molecule has 1 aliphatic heterocycles. The number of amidine groups is 1. The van der Waals surface area contributed by atoms with Crippen LogP contribution in [0.15, 0.2) is 35.5 Å². The average Bonchev–Trinajstić information content (AvgIpc) is 3.03. The number of hydrogen-bond donors (Lipinski definition) is 1. The highest BCUT2D eigenvalue weighted by atomic mass is 19.1. The van der Waals surface area contributed by atoms with Gasteiger partial charge in [-0.05, 0) is 37.1 Å². The molecule has 0 radical (unpaired) electrons. The van der Waals surface area contributed by atoms with E-state index in [0.29, 0.717) is 24.3 Å². The van der Waals surface area contributed by atoms with Crippen molar-refractivity contribution in [1.29, 1.82) is 0 Å². The van der Waals surface area contributed by atoms with Crippen molar-refractivity contribution in [2.45, 2.75) is 32.7 Å². The topological polar surface area (TPSA) is 63.6 Å². The molecule has 1 N–H and O–H groups in total. The number of nitrogens with zero attached hydrogens (tertiary/aromatic N) is 2. The maximum atomic E-state index is 13.9. The van der Waals surface area contributed by atoms with Crippen molar-refractivity contribution >= 4 is 11.6 Å². The molecule has 0 aliphatic carbocycles. The average molecular weight is 355 g/mol. The van der Waals surface area contributed by atoms with E-state index in [1.54, 1.807) is 18.3 Å². The Bertz CT molecular complexity index is 849. The summed E-state index contributed by atoms with van der Waals surface area (Å²) in [4.78, 5) is 21.2. The van der Waals surface area contributed by atoms with Gasteiger partial charge < -0.3 is 10.1 Å². The smallest absolute Gasteiger partial charge is 0.139 e. The van der Waals surface area contributed by atoms with Gasteiger partial charge in [0.15, 0.2) is 0 Å². The van der Waals surface area contributed by atoms with Crippen molar-refractivity contribution in [2.75, 3.05) is 13.7 Å². The minimum absolute atomic E-state index is 0.0218. The quantitative estimate of drug-likeness (QED) is 0.830. The monoisotopic (exact) mass is 355 g/mol. The minimum atomic E-state index is -0.346. The summed E-state index contributed by atoms with van der Waals surface area (Å²) < 4.78 is 19.1. The Labute approximate surface area is 152 Å². The number of carbonyl (C=O) groups excluding carboxylic acids is 1. The number of halogens is 1. The van der Waals surface area contributed by atoms with E-state index in [9.17, 15) is 9.18 Å². The Balaban J connectivity index is 1.62. The highest BCUT2D eigenvalue weighted by Gasteiger charge is 2.17. The minimum Gasteiger partial charge on any atom is -0.496 e. The third kappa shape index (κ3) is 3.90. The van der Waals surface area contributed by atoms with Crippen LogP contribution in [0.4, 0.5) is 4.39 Å². The molecule has 26 heavy (non-hydrogen) atoms. The molecule has 2 aromatic rings. The molecular weight excluding hydrogens is 333 g/mol. The van der Waals surface area contributed by atoms with Crippen LogP contribution in [0.2, 0.25) is 0 Å². The highest BCUT2D eigenvalue weighted by Crippen LogP contribution is 2.23. The van der Waals surface area contributed by atoms with E-state index in [-0.39, 0.29) is 24.4 Å². The lowest BCUT2D eigenvalue weighted by Crippen LogP contribution is -2.22. The van der Waals surface area contributed by atoms with Gasteiger partial charge in [-0.3, -0.25) is 14.8 Å². The van der Waals surface area contributed by atoms with Gasteiger partial charge in [0, 0.05) is 42.4 Å². The second kappa shape index (κ2) is 8.08. The summed E-state index contributed by atoms with van der Waals surface area (Å²) in [7, 11) is 1.50. The van der Waals surface area contributed by atoms with E-state index >= 15 is 0 Å². The molecule has 0 spiro atoms.